The predicted octanol–water partition coefficient (Wildman–Crippen LogP) is 16.6. The van der Waals surface area contributed by atoms with Crippen LogP contribution in [0.15, 0.2) is 38.9 Å². The van der Waals surface area contributed by atoms with Crippen molar-refractivity contribution >= 4 is 39.1 Å². The Bertz CT molecular complexity index is 7110. The predicted molar refractivity (Wildman–Crippen MR) is 556 cm³/mol. The van der Waals surface area contributed by atoms with Crippen LogP contribution in [0.25, 0.3) is 9.69 Å². The van der Waals surface area contributed by atoms with Crippen LogP contribution in [-0.4, -0.2) is 158 Å². The Balaban J connectivity index is 0.000000124. The van der Waals surface area contributed by atoms with E-state index in [-0.39, 0.29) is 109 Å². The van der Waals surface area contributed by atoms with Crippen molar-refractivity contribution in [3.63, 3.8) is 0 Å². The largest absolute Gasteiger partial charge is 0.515 e. The van der Waals surface area contributed by atoms with Crippen molar-refractivity contribution in [2.75, 3.05) is 33.5 Å². The Labute approximate surface area is 889 Å². The second-order valence-corrected chi connectivity index (χ2v) is 47.3. The quantitative estimate of drug-likeness (QED) is 0.0549. The summed E-state index contributed by atoms with van der Waals surface area (Å²) >= 11 is 3.70. The van der Waals surface area contributed by atoms with Gasteiger partial charge in [0.25, 0.3) is 6.04 Å². The molecule has 0 aromatic carbocycles. The lowest BCUT2D eigenvalue weighted by molar-refractivity contribution is -0.234. The van der Waals surface area contributed by atoms with Gasteiger partial charge in [-0.25, -0.2) is 16.9 Å². The van der Waals surface area contributed by atoms with Gasteiger partial charge in [0.15, 0.2) is 23.1 Å². The number of carbonyl (C=O) groups is 4. The SMILES string of the molecule is CNO.C[C@@H]1C(=O)/C(=C\O)C[C@]2(C)c3nn(C)c(C#N)c3CC[C@@H]12.C[C@@H]1C(=O)CC[C@]2(C)c3nn(C)c(C#N)c3CC[C@@H]12.C[C@@H]1c2oncc2C[C@]2(C)c3nn(C)c(C#N)c3CC[C@@H]12.C[C@H]1[C@@H]2CCc3c(nn(C)c3Br)[C@@]2(C)CCC12OCCO2.C[C@H]1[C@@H]2CCc3c(nn(C)c3C#N)[C@@]2(C)CCC12OCCO2.[3H]C.[C-]#[N+]C1=C[C@]2(C)c3nn(C)c(C#N)c3CC[C@H]2[C@H](C)C1=O.[C-]#[N+]C1C[C@]2(C)c3nn(C)c(C#N)c3CC[C@H]2[C@H](C)C1=O. The molecule has 3 N–H and O–H groups in total. The van der Waals surface area contributed by atoms with Crippen LogP contribution in [0.2, 0.25) is 0 Å². The summed E-state index contributed by atoms with van der Waals surface area (Å²) in [5.41, 5.74) is 21.9. The van der Waals surface area contributed by atoms with E-state index in [0.717, 1.165) is 220 Å². The molecule has 0 radical (unpaired) electrons. The number of rotatable bonds is 0. The smallest absolute Gasteiger partial charge is 0.282 e. The molecule has 794 valence electrons. The fourth-order valence-electron chi connectivity index (χ4n) is 31.4. The third kappa shape index (κ3) is 17.4. The Morgan fingerprint density at radius 3 is 1.19 bits per heavy atom. The van der Waals surface area contributed by atoms with Crippen LogP contribution < -0.4 is 5.48 Å². The lowest BCUT2D eigenvalue weighted by Crippen LogP contribution is -2.55. The zero-order chi connectivity index (χ0) is 110. The lowest BCUT2D eigenvalue weighted by Gasteiger charge is -2.53. The number of halogens is 1. The van der Waals surface area contributed by atoms with Crippen LogP contribution in [-0.2, 0) is 177 Å². The number of carbonyl (C=O) groups excluding carboxylic acids is 4. The Morgan fingerprint density at radius 2 is 0.780 bits per heavy atom. The van der Waals surface area contributed by atoms with Crippen molar-refractivity contribution in [2.45, 2.75) is 313 Å². The highest BCUT2D eigenvalue weighted by Crippen LogP contribution is 2.63. The number of allylic oxidation sites excluding steroid dienone is 3. The number of aliphatic hydroxyl groups excluding tert-OH is 1. The molecule has 2 saturated heterocycles. The van der Waals surface area contributed by atoms with Crippen molar-refractivity contribution in [3.8, 4) is 36.4 Å². The molecule has 8 aromatic heterocycles. The molecule has 16 aliphatic rings. The first-order valence-electron chi connectivity index (χ1n) is 54.0. The lowest BCUT2D eigenvalue weighted by atomic mass is 9.55. The van der Waals surface area contributed by atoms with Gasteiger partial charge >= 0.3 is 0 Å². The highest BCUT2D eigenvalue weighted by Gasteiger charge is 2.63. The van der Waals surface area contributed by atoms with Gasteiger partial charge in [0, 0.05) is 213 Å². The third-order valence-corrected chi connectivity index (χ3v) is 40.4. The first-order valence-corrected chi connectivity index (χ1v) is 53.8. The number of fused-ring (bicyclic) bond motifs is 22. The van der Waals surface area contributed by atoms with Crippen LogP contribution >= 0.6 is 15.9 Å². The van der Waals surface area contributed by atoms with Crippen molar-refractivity contribution < 1.29 is 54.3 Å². The molecule has 35 nitrogen and oxygen atoms in total. The monoisotopic (exact) mass is 2110 g/mol. The third-order valence-electron chi connectivity index (χ3n) is 39.4. The van der Waals surface area contributed by atoms with E-state index in [0.29, 0.717) is 114 Å². The van der Waals surface area contributed by atoms with Crippen LogP contribution in [0.5, 0.6) is 0 Å². The summed E-state index contributed by atoms with van der Waals surface area (Å²) in [6, 6.07) is 13.0. The van der Waals surface area contributed by atoms with E-state index in [2.05, 4.69) is 157 Å². The number of Topliss-reactive ketones (excluding diaryl/α,β-unsaturated/α-hetero) is 4. The van der Waals surface area contributed by atoms with Gasteiger partial charge in [-0.15, -0.1) is 0 Å². The molecule has 36 heteroatoms. The van der Waals surface area contributed by atoms with E-state index in [4.69, 9.17) is 58.5 Å². The Morgan fingerprint density at radius 1 is 0.447 bits per heavy atom. The van der Waals surface area contributed by atoms with E-state index in [1.807, 2.05) is 66.8 Å². The van der Waals surface area contributed by atoms with E-state index in [1.165, 1.54) is 43.3 Å². The maximum atomic E-state index is 12.3. The Kier molecular flexibility index (Phi) is 30.1. The summed E-state index contributed by atoms with van der Waals surface area (Å²) in [5, 5.41) is 109. The van der Waals surface area contributed by atoms with Gasteiger partial charge in [-0.1, -0.05) is 116 Å². The van der Waals surface area contributed by atoms with Gasteiger partial charge in [0.1, 0.15) is 86.7 Å². The molecule has 22 atom stereocenters. The minimum Gasteiger partial charge on any atom is -0.515 e. The molecular weight excluding hydrogens is 1960 g/mol. The molecule has 0 amide bonds. The minimum atomic E-state index is -0.570. The number of nitrogens with zero attached hydrogens (tertiary/aromatic N) is 23. The standard InChI is InChI=1S/C17H23N3O2.C16H23BrN2O2.2C16H18N4O.C16H16N4O.C16H19N3O2.C15H19N3O.CH5NO.CH4/c1-11-13-5-4-12-14(10-18)20(3)19-15(12)16(13,2)6-7-17(11)21-8-9-22-17;1-10-12-5-4-11-13(18-19(3)14(11)17)15(12,2)6-7-16(10)20-8-9-21-16;1-9-12-5-4-11-13(7-17)20(3)19-15(11)16(12,2)6-10-8-18-21-14(9)10;2*1-9-11-6-5-10-13(8-17)20(4)19-15(10)16(11,2)7-12(18-3)14(9)21;1-9-12-5-4-11-13(7-17)19(3)18-15(11)16(12,2)6-10(8-20)14(9)21;1-9-11-5-4-10-12(8-16)18(3)17-14(10)15(11,2)7-6-13(9)19;1-2-3;/h11,13H,4-9H2,1-3H3;10,12H,4-9H2,1-3H3;8-9,12H,4-6H2,1-3H3;9,11-12H,5-7H2,1-2,4H3;7,9,11H,5-6H2,1-2,4H3;8-9,12,20H,4-6H2,1-3H3;9,11H,4-7H2,1-3H3;2-3H,1H3;1H4/b;;;;;10-8-;;;/t11-,13-,16-;10-,12-,15-;9-,12-,16-;9-,11-,12?,16-;9-,11-,16-;9-,12-,16-;9-,11-,15-;;/m0000000../s1/i;;;;;;;;1T. The number of hydrogen-bond acceptors (Lipinski definition) is 26. The van der Waals surface area contributed by atoms with E-state index >= 15 is 0 Å². The number of hydrogen-bond donors (Lipinski definition) is 3. The highest BCUT2D eigenvalue weighted by molar-refractivity contribution is 9.10. The van der Waals surface area contributed by atoms with Crippen LogP contribution in [0.3, 0.4) is 0 Å². The fourth-order valence-corrected chi connectivity index (χ4v) is 31.9. The van der Waals surface area contributed by atoms with Gasteiger partial charge in [0.05, 0.1) is 85.3 Å². The van der Waals surface area contributed by atoms with Crippen molar-refractivity contribution in [3.05, 3.63) is 182 Å². The minimum absolute atomic E-state index is 0.0282. The summed E-state index contributed by atoms with van der Waals surface area (Å²) in [5.74, 6) is 4.15. The molecule has 7 fully saturated rings. The normalized spacial score (nSPS) is 33.0. The van der Waals surface area contributed by atoms with E-state index < -0.39 is 11.5 Å². The zero-order valence-electron chi connectivity index (χ0n) is 92.2. The molecule has 10 heterocycles. The molecule has 5 saturated carbocycles. The van der Waals surface area contributed by atoms with Gasteiger partial charge in [-0.05, 0) is 179 Å². The summed E-state index contributed by atoms with van der Waals surface area (Å²) < 4.78 is 48.6. The first kappa shape index (κ1) is 109. The summed E-state index contributed by atoms with van der Waals surface area (Å²) in [7, 11) is 15.6. The van der Waals surface area contributed by atoms with Crippen molar-refractivity contribution in [1.82, 2.24) is 79.1 Å². The first-order chi connectivity index (χ1) is 71.8. The molecule has 150 heavy (non-hydrogen) atoms. The molecular formula is C114H145BrN24O11. The second-order valence-electron chi connectivity index (χ2n) is 46.6. The zero-order valence-corrected chi connectivity index (χ0v) is 92.8. The number of hydroxylamine groups is 1. The number of nitrogens with one attached hydrogen (secondary N) is 1. The molecule has 0 bridgehead atoms. The number of aromatic nitrogens is 15. The topological polar surface area (TPSA) is 460 Å². The van der Waals surface area contributed by atoms with Crippen molar-refractivity contribution in [1.29, 1.82) is 31.6 Å². The molecule has 2 aliphatic heterocycles. The maximum Gasteiger partial charge on any atom is 0.282 e. The average molecular weight is 2110 g/mol. The van der Waals surface area contributed by atoms with E-state index in [9.17, 15) is 55.9 Å². The second kappa shape index (κ2) is 41.4. The van der Waals surface area contributed by atoms with E-state index in [1.54, 1.807) is 60.8 Å². The van der Waals surface area contributed by atoms with Gasteiger partial charge < -0.3 is 43.4 Å². The number of aryl methyl sites for hydroxylation is 7. The summed E-state index contributed by atoms with van der Waals surface area (Å²) in [6.07, 6.45) is 25.2. The molecule has 24 rings (SSSR count). The van der Waals surface area contributed by atoms with Crippen molar-refractivity contribution in [2.24, 2.45) is 126 Å². The van der Waals surface area contributed by atoms with Gasteiger partial charge in [-0.2, -0.15) is 67.3 Å². The fraction of sp³-hybridized carbons (Fsp3) is 0.649. The molecule has 1 unspecified atom stereocenters. The summed E-state index contributed by atoms with van der Waals surface area (Å²) in [4.78, 5) is 55.7. The van der Waals surface area contributed by atoms with Gasteiger partial charge in [0.2, 0.25) is 11.5 Å². The van der Waals surface area contributed by atoms with Gasteiger partial charge in [-0.3, -0.25) is 47.2 Å². The Hall–Kier alpha value is -12.2. The highest BCUT2D eigenvalue weighted by atomic mass is 79.9. The molecule has 2 spiro atoms. The van der Waals surface area contributed by atoms with Crippen LogP contribution in [0, 0.1) is 158 Å². The average Bonchev–Trinajstić information content (AvgIpc) is 1.60. The summed E-state index contributed by atoms with van der Waals surface area (Å²) in [6.45, 7) is 47.6. The number of ketones is 4. The molecule has 8 aromatic rings. The van der Waals surface area contributed by atoms with Crippen LogP contribution in [0.4, 0.5) is 0 Å². The number of ether oxygens (including phenoxy) is 4. The molecule has 14 aliphatic carbocycles. The van der Waals surface area contributed by atoms with Crippen LogP contribution in [0.1, 0.15) is 332 Å². The number of aliphatic hydroxyl groups is 1. The maximum absolute atomic E-state index is 12.3. The number of nitriles is 6.